The Hall–Kier alpha value is -2.54. The monoisotopic (exact) mass is 478 g/mol. The number of hydrogen-bond donors (Lipinski definition) is 0. The Bertz CT molecular complexity index is 928. The smallest absolute Gasteiger partial charge is 0.203 e. The summed E-state index contributed by atoms with van der Waals surface area (Å²) >= 11 is 3.62. The minimum absolute atomic E-state index is 0.000937. The van der Waals surface area contributed by atoms with Crippen LogP contribution in [0.2, 0.25) is 0 Å². The average Bonchev–Trinajstić information content (AvgIpc) is 2.80. The Balaban J connectivity index is 2.30. The zero-order chi connectivity index (χ0) is 21.8. The third kappa shape index (κ3) is 3.78. The molecule has 7 heteroatoms. The molecule has 2 aromatic carbocycles. The first-order valence-corrected chi connectivity index (χ1v) is 10.6. The van der Waals surface area contributed by atoms with Gasteiger partial charge in [-0.25, -0.2) is 0 Å². The summed E-state index contributed by atoms with van der Waals surface area (Å²) in [6, 6.07) is 5.97. The molecule has 2 aromatic rings. The van der Waals surface area contributed by atoms with Crippen molar-refractivity contribution in [3.63, 3.8) is 0 Å². The molecule has 30 heavy (non-hydrogen) atoms. The van der Waals surface area contributed by atoms with Gasteiger partial charge in [-0.15, -0.1) is 0 Å². The molecule has 0 amide bonds. The highest BCUT2D eigenvalue weighted by Gasteiger charge is 2.31. The molecule has 3 rings (SSSR count). The van der Waals surface area contributed by atoms with E-state index in [0.29, 0.717) is 34.5 Å². The first-order chi connectivity index (χ1) is 14.6. The molecule has 1 aliphatic carbocycles. The molecule has 162 valence electrons. The number of halogens is 1. The maximum Gasteiger partial charge on any atom is 0.203 e. The second kappa shape index (κ2) is 9.51. The molecule has 1 aliphatic rings. The zero-order valence-corrected chi connectivity index (χ0v) is 19.7. The predicted molar refractivity (Wildman–Crippen MR) is 120 cm³/mol. The van der Waals surface area contributed by atoms with E-state index in [9.17, 15) is 0 Å². The quantitative estimate of drug-likeness (QED) is 0.494. The summed E-state index contributed by atoms with van der Waals surface area (Å²) in [4.78, 5) is 0. The molecule has 0 bridgehead atoms. The van der Waals surface area contributed by atoms with Crippen molar-refractivity contribution in [2.75, 3.05) is 48.0 Å². The van der Waals surface area contributed by atoms with Crippen LogP contribution in [0.25, 0.3) is 6.08 Å². The Kier molecular flexibility index (Phi) is 7.02. The lowest BCUT2D eigenvalue weighted by molar-refractivity contribution is 0.320. The van der Waals surface area contributed by atoms with E-state index in [2.05, 4.69) is 22.0 Å². The first-order valence-electron chi connectivity index (χ1n) is 9.44. The van der Waals surface area contributed by atoms with Gasteiger partial charge < -0.3 is 28.4 Å². The lowest BCUT2D eigenvalue weighted by atomic mass is 9.78. The molecule has 0 spiro atoms. The standard InChI is InChI=1S/C23H27BrO6/c1-25-17-9-14(10-18(26-2)21(17)28-4)16-8-13(12-24)7-15-11-19(27-3)22(29-5)23(30-6)20(15)16/h7,9-11,16H,8,12H2,1-6H3. The van der Waals surface area contributed by atoms with Crippen LogP contribution in [0, 0.1) is 0 Å². The average molecular weight is 479 g/mol. The van der Waals surface area contributed by atoms with E-state index in [1.165, 1.54) is 5.57 Å². The number of fused-ring (bicyclic) bond motifs is 1. The van der Waals surface area contributed by atoms with Crippen LogP contribution in [-0.4, -0.2) is 48.0 Å². The minimum Gasteiger partial charge on any atom is -0.493 e. The lowest BCUT2D eigenvalue weighted by Crippen LogP contribution is -2.13. The molecule has 0 N–H and O–H groups in total. The number of benzene rings is 2. The zero-order valence-electron chi connectivity index (χ0n) is 18.1. The van der Waals surface area contributed by atoms with Crippen LogP contribution in [0.3, 0.4) is 0 Å². The molecule has 0 saturated carbocycles. The molecule has 6 nitrogen and oxygen atoms in total. The highest BCUT2D eigenvalue weighted by Crippen LogP contribution is 2.52. The van der Waals surface area contributed by atoms with Gasteiger partial charge in [0.1, 0.15) is 0 Å². The number of allylic oxidation sites excluding steroid dienone is 1. The van der Waals surface area contributed by atoms with Gasteiger partial charge in [0.2, 0.25) is 11.5 Å². The van der Waals surface area contributed by atoms with Gasteiger partial charge in [-0.3, -0.25) is 0 Å². The van der Waals surface area contributed by atoms with Crippen LogP contribution in [-0.2, 0) is 0 Å². The van der Waals surface area contributed by atoms with E-state index in [-0.39, 0.29) is 5.92 Å². The van der Waals surface area contributed by atoms with Gasteiger partial charge in [-0.2, -0.15) is 0 Å². The molecule has 0 saturated heterocycles. The van der Waals surface area contributed by atoms with Crippen LogP contribution < -0.4 is 28.4 Å². The van der Waals surface area contributed by atoms with Gasteiger partial charge in [0, 0.05) is 16.8 Å². The van der Waals surface area contributed by atoms with E-state index < -0.39 is 0 Å². The third-order valence-corrected chi connectivity index (χ3v) is 6.06. The Labute approximate surface area is 185 Å². The van der Waals surface area contributed by atoms with E-state index in [1.54, 1.807) is 42.7 Å². The topological polar surface area (TPSA) is 55.4 Å². The summed E-state index contributed by atoms with van der Waals surface area (Å²) in [5.41, 5.74) is 4.36. The molecule has 0 fully saturated rings. The van der Waals surface area contributed by atoms with Gasteiger partial charge in [0.05, 0.1) is 42.7 Å². The van der Waals surface area contributed by atoms with E-state index >= 15 is 0 Å². The first kappa shape index (κ1) is 22.2. The summed E-state index contributed by atoms with van der Waals surface area (Å²) in [7, 11) is 9.72. The van der Waals surface area contributed by atoms with Crippen LogP contribution in [0.15, 0.2) is 23.8 Å². The summed E-state index contributed by atoms with van der Waals surface area (Å²) in [6.07, 6.45) is 2.98. The fraction of sp³-hybridized carbons (Fsp3) is 0.391. The van der Waals surface area contributed by atoms with E-state index in [1.807, 2.05) is 18.2 Å². The van der Waals surface area contributed by atoms with E-state index in [4.69, 9.17) is 28.4 Å². The Morgan fingerprint density at radius 1 is 0.733 bits per heavy atom. The molecule has 0 aliphatic heterocycles. The van der Waals surface area contributed by atoms with E-state index in [0.717, 1.165) is 28.4 Å². The maximum atomic E-state index is 5.82. The van der Waals surface area contributed by atoms with Crippen LogP contribution >= 0.6 is 15.9 Å². The van der Waals surface area contributed by atoms with Gasteiger partial charge >= 0.3 is 0 Å². The third-order valence-electron chi connectivity index (χ3n) is 5.34. The van der Waals surface area contributed by atoms with Gasteiger partial charge in [0.25, 0.3) is 0 Å². The highest BCUT2D eigenvalue weighted by atomic mass is 79.9. The van der Waals surface area contributed by atoms with Crippen molar-refractivity contribution in [2.45, 2.75) is 12.3 Å². The predicted octanol–water partition coefficient (Wildman–Crippen LogP) is 5.05. The van der Waals surface area contributed by atoms with Crippen LogP contribution in [0.4, 0.5) is 0 Å². The van der Waals surface area contributed by atoms with Crippen molar-refractivity contribution in [1.82, 2.24) is 0 Å². The van der Waals surface area contributed by atoms with Crippen molar-refractivity contribution in [3.8, 4) is 34.5 Å². The largest absolute Gasteiger partial charge is 0.493 e. The lowest BCUT2D eigenvalue weighted by Gasteiger charge is -2.30. The summed E-state index contributed by atoms with van der Waals surface area (Å²) in [6.45, 7) is 0. The fourth-order valence-corrected chi connectivity index (χ4v) is 4.39. The van der Waals surface area contributed by atoms with Crippen molar-refractivity contribution in [1.29, 1.82) is 0 Å². The normalized spacial score (nSPS) is 15.0. The van der Waals surface area contributed by atoms with Crippen LogP contribution in [0.5, 0.6) is 34.5 Å². The molecule has 1 atom stereocenters. The van der Waals surface area contributed by atoms with Crippen molar-refractivity contribution in [2.24, 2.45) is 0 Å². The van der Waals surface area contributed by atoms with Gasteiger partial charge in [-0.1, -0.05) is 27.6 Å². The van der Waals surface area contributed by atoms with Crippen LogP contribution in [0.1, 0.15) is 29.0 Å². The summed E-state index contributed by atoms with van der Waals surface area (Å²) < 4.78 is 33.7. The van der Waals surface area contributed by atoms with Crippen molar-refractivity contribution in [3.05, 3.63) is 40.5 Å². The molecule has 0 heterocycles. The summed E-state index contributed by atoms with van der Waals surface area (Å²) in [5.74, 6) is 3.66. The minimum atomic E-state index is 0.000937. The Morgan fingerprint density at radius 2 is 1.27 bits per heavy atom. The van der Waals surface area contributed by atoms with Gasteiger partial charge in [-0.05, 0) is 35.7 Å². The highest BCUT2D eigenvalue weighted by molar-refractivity contribution is 9.09. The van der Waals surface area contributed by atoms with Gasteiger partial charge in [0.15, 0.2) is 23.0 Å². The second-order valence-electron chi connectivity index (χ2n) is 6.80. The number of ether oxygens (including phenoxy) is 6. The van der Waals surface area contributed by atoms with Crippen molar-refractivity contribution >= 4 is 22.0 Å². The SMILES string of the molecule is COc1cc(C2CC(CBr)=Cc3cc(OC)c(OC)c(OC)c32)cc(OC)c1OC. The maximum absolute atomic E-state index is 5.82. The molecule has 0 aromatic heterocycles. The second-order valence-corrected chi connectivity index (χ2v) is 7.36. The summed E-state index contributed by atoms with van der Waals surface area (Å²) in [5, 5.41) is 0.768. The van der Waals surface area contributed by atoms with Crippen molar-refractivity contribution < 1.29 is 28.4 Å². The molecule has 1 unspecified atom stereocenters. The molecular weight excluding hydrogens is 452 g/mol. The molecule has 0 radical (unpaired) electrons. The number of rotatable bonds is 8. The number of methoxy groups -OCH3 is 6. The fourth-order valence-electron chi connectivity index (χ4n) is 4.00. The molecular formula is C23H27BrO6. The number of hydrogen-bond acceptors (Lipinski definition) is 6. The number of alkyl halides is 1. The Morgan fingerprint density at radius 3 is 1.73 bits per heavy atom.